The van der Waals surface area contributed by atoms with Gasteiger partial charge in [-0.3, -0.25) is 0 Å². The Morgan fingerprint density at radius 2 is 1.68 bits per heavy atom. The number of phenolic OH excluding ortho intramolecular Hbond substituents is 1. The van der Waals surface area contributed by atoms with Gasteiger partial charge in [-0.2, -0.15) is 0 Å². The van der Waals surface area contributed by atoms with Crippen LogP contribution in [-0.4, -0.2) is 5.11 Å². The van der Waals surface area contributed by atoms with E-state index in [1.54, 1.807) is 0 Å². The molecule has 1 fully saturated rings. The molecule has 1 heteroatoms. The minimum Gasteiger partial charge on any atom is -0.508 e. The van der Waals surface area contributed by atoms with Gasteiger partial charge in [-0.1, -0.05) is 64.5 Å². The monoisotopic (exact) mass is 302 g/mol. The average molecular weight is 303 g/mol. The van der Waals surface area contributed by atoms with E-state index in [1.165, 1.54) is 69.8 Å². The molecule has 1 aromatic carbocycles. The molecule has 124 valence electrons. The predicted octanol–water partition coefficient (Wildman–Crippen LogP) is 6.59. The molecule has 0 saturated heterocycles. The van der Waals surface area contributed by atoms with Gasteiger partial charge in [0.05, 0.1) is 0 Å². The lowest BCUT2D eigenvalue weighted by atomic mass is 9.76. The van der Waals surface area contributed by atoms with E-state index in [-0.39, 0.29) is 0 Å². The van der Waals surface area contributed by atoms with E-state index in [0.29, 0.717) is 5.75 Å². The van der Waals surface area contributed by atoms with Crippen LogP contribution in [0.5, 0.6) is 5.75 Å². The third kappa shape index (κ3) is 5.04. The van der Waals surface area contributed by atoms with E-state index in [0.717, 1.165) is 23.8 Å². The second kappa shape index (κ2) is 9.22. The summed E-state index contributed by atoms with van der Waals surface area (Å²) in [6, 6.07) is 6.28. The van der Waals surface area contributed by atoms with E-state index in [2.05, 4.69) is 26.0 Å². The average Bonchev–Trinajstić information content (AvgIpc) is 2.56. The van der Waals surface area contributed by atoms with Gasteiger partial charge in [0, 0.05) is 0 Å². The number of hydrogen-bond donors (Lipinski definition) is 1. The molecule has 0 atom stereocenters. The topological polar surface area (TPSA) is 20.2 Å². The molecule has 0 spiro atoms. The maximum Gasteiger partial charge on any atom is 0.118 e. The Morgan fingerprint density at radius 3 is 2.36 bits per heavy atom. The fourth-order valence-electron chi connectivity index (χ4n) is 3.96. The van der Waals surface area contributed by atoms with Crippen LogP contribution in [-0.2, 0) is 6.42 Å². The first-order chi connectivity index (χ1) is 10.7. The molecule has 0 heterocycles. The van der Waals surface area contributed by atoms with Gasteiger partial charge in [0.1, 0.15) is 5.75 Å². The van der Waals surface area contributed by atoms with Crippen molar-refractivity contribution in [3.8, 4) is 5.75 Å². The third-order valence-electron chi connectivity index (χ3n) is 5.52. The maximum atomic E-state index is 9.83. The Hall–Kier alpha value is -0.980. The Bertz CT molecular complexity index is 430. The number of rotatable bonds is 8. The summed E-state index contributed by atoms with van der Waals surface area (Å²) in [5, 5.41) is 9.83. The van der Waals surface area contributed by atoms with Crippen LogP contribution < -0.4 is 0 Å². The van der Waals surface area contributed by atoms with E-state index >= 15 is 0 Å². The molecule has 0 unspecified atom stereocenters. The summed E-state index contributed by atoms with van der Waals surface area (Å²) < 4.78 is 0. The van der Waals surface area contributed by atoms with Crippen LogP contribution in [0.2, 0.25) is 0 Å². The molecule has 2 rings (SSSR count). The Balaban J connectivity index is 1.75. The zero-order chi connectivity index (χ0) is 15.8. The highest BCUT2D eigenvalue weighted by Gasteiger charge is 2.22. The molecule has 0 amide bonds. The van der Waals surface area contributed by atoms with E-state index < -0.39 is 0 Å². The van der Waals surface area contributed by atoms with Gasteiger partial charge in [-0.15, -0.1) is 0 Å². The number of unbranched alkanes of at least 4 members (excludes halogenated alkanes) is 4. The minimum atomic E-state index is 0.465. The smallest absolute Gasteiger partial charge is 0.118 e. The van der Waals surface area contributed by atoms with Crippen molar-refractivity contribution in [2.45, 2.75) is 90.4 Å². The van der Waals surface area contributed by atoms with Crippen LogP contribution >= 0.6 is 0 Å². The van der Waals surface area contributed by atoms with Gasteiger partial charge in [-0.05, 0) is 61.1 Å². The van der Waals surface area contributed by atoms with Crippen molar-refractivity contribution in [3.05, 3.63) is 29.3 Å². The second-order valence-corrected chi connectivity index (χ2v) is 7.16. The van der Waals surface area contributed by atoms with Crippen LogP contribution in [0.15, 0.2) is 18.2 Å². The molecule has 1 aromatic rings. The molecular formula is C21H34O. The lowest BCUT2D eigenvalue weighted by molar-refractivity contribution is 0.301. The molecule has 0 radical (unpaired) electrons. The highest BCUT2D eigenvalue weighted by atomic mass is 16.3. The molecule has 0 aliphatic heterocycles. The normalized spacial score (nSPS) is 21.9. The van der Waals surface area contributed by atoms with Crippen molar-refractivity contribution in [1.82, 2.24) is 0 Å². The summed E-state index contributed by atoms with van der Waals surface area (Å²) in [7, 11) is 0. The van der Waals surface area contributed by atoms with Crippen molar-refractivity contribution in [3.63, 3.8) is 0 Å². The highest BCUT2D eigenvalue weighted by Crippen LogP contribution is 2.38. The lowest BCUT2D eigenvalue weighted by Crippen LogP contribution is -2.13. The summed E-state index contributed by atoms with van der Waals surface area (Å²) in [5.74, 6) is 2.16. The first-order valence-corrected chi connectivity index (χ1v) is 9.56. The summed E-state index contributed by atoms with van der Waals surface area (Å²) in [6.07, 6.45) is 14.9. The Morgan fingerprint density at radius 1 is 0.955 bits per heavy atom. The van der Waals surface area contributed by atoms with Crippen molar-refractivity contribution >= 4 is 0 Å². The van der Waals surface area contributed by atoms with Gasteiger partial charge in [0.15, 0.2) is 0 Å². The summed E-state index contributed by atoms with van der Waals surface area (Å²) in [4.78, 5) is 0. The minimum absolute atomic E-state index is 0.465. The van der Waals surface area contributed by atoms with Crippen molar-refractivity contribution in [2.75, 3.05) is 0 Å². The molecule has 1 nitrogen and oxygen atoms in total. The van der Waals surface area contributed by atoms with Gasteiger partial charge < -0.3 is 5.11 Å². The lowest BCUT2D eigenvalue weighted by Gasteiger charge is -2.29. The third-order valence-corrected chi connectivity index (χ3v) is 5.52. The van der Waals surface area contributed by atoms with Crippen LogP contribution in [0, 0.1) is 5.92 Å². The fraction of sp³-hybridized carbons (Fsp3) is 0.714. The SMILES string of the molecule is CCCCCCCC1CCC(c2ccc(O)c(CC)c2)CC1. The van der Waals surface area contributed by atoms with Gasteiger partial charge in [0.2, 0.25) is 0 Å². The van der Waals surface area contributed by atoms with Gasteiger partial charge in [-0.25, -0.2) is 0 Å². The zero-order valence-corrected chi connectivity index (χ0v) is 14.6. The number of aromatic hydroxyl groups is 1. The van der Waals surface area contributed by atoms with Gasteiger partial charge in [0.25, 0.3) is 0 Å². The first kappa shape index (κ1) is 17.4. The predicted molar refractivity (Wildman–Crippen MR) is 95.6 cm³/mol. The van der Waals surface area contributed by atoms with Crippen LogP contribution in [0.1, 0.15) is 95.1 Å². The van der Waals surface area contributed by atoms with Crippen molar-refractivity contribution in [1.29, 1.82) is 0 Å². The summed E-state index contributed by atoms with van der Waals surface area (Å²) >= 11 is 0. The largest absolute Gasteiger partial charge is 0.508 e. The second-order valence-electron chi connectivity index (χ2n) is 7.16. The molecular weight excluding hydrogens is 268 g/mol. The Labute approximate surface area is 137 Å². The molecule has 0 aromatic heterocycles. The maximum absolute atomic E-state index is 9.83. The van der Waals surface area contributed by atoms with E-state index in [4.69, 9.17) is 0 Å². The quantitative estimate of drug-likeness (QED) is 0.537. The standard InChI is InChI=1S/C21H34O/c1-3-5-6-7-8-9-17-10-12-19(13-11-17)20-14-15-21(22)18(4-2)16-20/h14-17,19,22H,3-13H2,1-2H3. The summed E-state index contributed by atoms with van der Waals surface area (Å²) in [6.45, 7) is 4.41. The first-order valence-electron chi connectivity index (χ1n) is 9.56. The molecule has 1 saturated carbocycles. The van der Waals surface area contributed by atoms with Crippen LogP contribution in [0.4, 0.5) is 0 Å². The van der Waals surface area contributed by atoms with Crippen LogP contribution in [0.25, 0.3) is 0 Å². The molecule has 1 aliphatic carbocycles. The number of phenols is 1. The zero-order valence-electron chi connectivity index (χ0n) is 14.6. The molecule has 1 N–H and O–H groups in total. The number of hydrogen-bond acceptors (Lipinski definition) is 1. The van der Waals surface area contributed by atoms with Crippen molar-refractivity contribution < 1.29 is 5.11 Å². The highest BCUT2D eigenvalue weighted by molar-refractivity contribution is 5.37. The number of benzene rings is 1. The molecule has 22 heavy (non-hydrogen) atoms. The van der Waals surface area contributed by atoms with E-state index in [9.17, 15) is 5.11 Å². The fourth-order valence-corrected chi connectivity index (χ4v) is 3.96. The molecule has 1 aliphatic rings. The van der Waals surface area contributed by atoms with E-state index in [1.807, 2.05) is 6.07 Å². The van der Waals surface area contributed by atoms with Crippen molar-refractivity contribution in [2.24, 2.45) is 5.92 Å². The van der Waals surface area contributed by atoms with Gasteiger partial charge >= 0.3 is 0 Å². The van der Waals surface area contributed by atoms with Crippen LogP contribution in [0.3, 0.4) is 0 Å². The summed E-state index contributed by atoms with van der Waals surface area (Å²) in [5.41, 5.74) is 2.56. The Kier molecular flexibility index (Phi) is 7.29. The molecule has 0 bridgehead atoms. The number of aryl methyl sites for hydroxylation is 1.